The molecule has 4 rings (SSSR count). The van der Waals surface area contributed by atoms with E-state index in [1.807, 2.05) is 0 Å². The normalized spacial score (nSPS) is 10.2. The molecular weight excluding hydrogens is 256 g/mol. The summed E-state index contributed by atoms with van der Waals surface area (Å²) in [4.78, 5) is 0. The van der Waals surface area contributed by atoms with E-state index in [0.717, 1.165) is 0 Å². The Balaban J connectivity index is 0.000000111. The zero-order valence-electron chi connectivity index (χ0n) is 9.74. The Morgan fingerprint density at radius 2 is 0.722 bits per heavy atom. The van der Waals surface area contributed by atoms with E-state index < -0.39 is 0 Å². The van der Waals surface area contributed by atoms with Gasteiger partial charge in [0.05, 0.1) is 0 Å². The molecule has 0 radical (unpaired) electrons. The van der Waals surface area contributed by atoms with Crippen LogP contribution in [0, 0.1) is 0 Å². The van der Waals surface area contributed by atoms with Crippen LogP contribution in [0.15, 0.2) is 70.1 Å². The van der Waals surface area contributed by atoms with Crippen LogP contribution < -0.4 is 0 Å². The highest BCUT2D eigenvalue weighted by atomic mass is 32.1. The Kier molecular flexibility index (Phi) is 3.40. The first-order chi connectivity index (χ1) is 8.93. The van der Waals surface area contributed by atoms with Crippen molar-refractivity contribution < 1.29 is 0 Å². The quantitative estimate of drug-likeness (QED) is 0.378. The molecule has 0 aliphatic carbocycles. The molecule has 2 heteroatoms. The van der Waals surface area contributed by atoms with E-state index in [-0.39, 0.29) is 0 Å². The SMILES string of the molecule is c1ccc2cscc2c1.c1ccc2cscc2c1. The van der Waals surface area contributed by atoms with E-state index >= 15 is 0 Å². The van der Waals surface area contributed by atoms with Crippen molar-refractivity contribution in [1.29, 1.82) is 0 Å². The first kappa shape index (κ1) is 11.5. The van der Waals surface area contributed by atoms with Gasteiger partial charge < -0.3 is 0 Å². The number of hydrogen-bond acceptors (Lipinski definition) is 2. The zero-order valence-corrected chi connectivity index (χ0v) is 11.4. The molecule has 0 aliphatic rings. The summed E-state index contributed by atoms with van der Waals surface area (Å²) in [5, 5.41) is 14.0. The molecule has 0 spiro atoms. The van der Waals surface area contributed by atoms with E-state index in [4.69, 9.17) is 0 Å². The molecule has 0 saturated heterocycles. The highest BCUT2D eigenvalue weighted by Gasteiger charge is 1.88. The number of thiophene rings is 2. The van der Waals surface area contributed by atoms with Gasteiger partial charge in [0, 0.05) is 0 Å². The summed E-state index contributed by atoms with van der Waals surface area (Å²) in [5.74, 6) is 0. The van der Waals surface area contributed by atoms with Crippen molar-refractivity contribution in [2.75, 3.05) is 0 Å². The lowest BCUT2D eigenvalue weighted by molar-refractivity contribution is 1.85. The standard InChI is InChI=1S/2C8H6S/c2*1-2-4-8-6-9-5-7(8)3-1/h2*1-6H. The van der Waals surface area contributed by atoms with Crippen LogP contribution in [0.1, 0.15) is 0 Å². The fourth-order valence-corrected chi connectivity index (χ4v) is 3.39. The third-order valence-corrected chi connectivity index (χ3v) is 4.33. The highest BCUT2D eigenvalue weighted by Crippen LogP contribution is 2.17. The minimum absolute atomic E-state index is 1.35. The fraction of sp³-hybridized carbons (Fsp3) is 0. The van der Waals surface area contributed by atoms with Crippen molar-refractivity contribution in [2.45, 2.75) is 0 Å². The molecule has 18 heavy (non-hydrogen) atoms. The Labute approximate surface area is 114 Å². The maximum atomic E-state index is 2.16. The van der Waals surface area contributed by atoms with Gasteiger partial charge in [-0.15, -0.1) is 0 Å². The lowest BCUT2D eigenvalue weighted by Gasteiger charge is -1.82. The van der Waals surface area contributed by atoms with E-state index in [1.54, 1.807) is 22.7 Å². The smallest absolute Gasteiger partial charge is 0.00145 e. The topological polar surface area (TPSA) is 0 Å². The second-order valence-electron chi connectivity index (χ2n) is 4.00. The Bertz CT molecular complexity index is 623. The van der Waals surface area contributed by atoms with Crippen molar-refractivity contribution in [3.8, 4) is 0 Å². The average Bonchev–Trinajstić information content (AvgIpc) is 3.08. The lowest BCUT2D eigenvalue weighted by Crippen LogP contribution is -1.57. The van der Waals surface area contributed by atoms with Gasteiger partial charge >= 0.3 is 0 Å². The maximum Gasteiger partial charge on any atom is -0.00145 e. The number of fused-ring (bicyclic) bond motifs is 2. The van der Waals surface area contributed by atoms with Crippen LogP contribution in [-0.4, -0.2) is 0 Å². The molecule has 4 aromatic rings. The summed E-state index contributed by atoms with van der Waals surface area (Å²) in [6, 6.07) is 16.8. The van der Waals surface area contributed by atoms with Gasteiger partial charge in [-0.25, -0.2) is 0 Å². The molecule has 0 unspecified atom stereocenters. The van der Waals surface area contributed by atoms with Crippen LogP contribution in [0.4, 0.5) is 0 Å². The molecule has 0 fully saturated rings. The Morgan fingerprint density at radius 1 is 0.444 bits per heavy atom. The molecule has 0 nitrogen and oxygen atoms in total. The van der Waals surface area contributed by atoms with E-state index in [1.165, 1.54) is 21.5 Å². The molecular formula is C16H12S2. The van der Waals surface area contributed by atoms with Crippen molar-refractivity contribution >= 4 is 44.2 Å². The Hall–Kier alpha value is -1.64. The summed E-state index contributed by atoms with van der Waals surface area (Å²) >= 11 is 3.51. The van der Waals surface area contributed by atoms with E-state index in [2.05, 4.69) is 70.1 Å². The summed E-state index contributed by atoms with van der Waals surface area (Å²) in [7, 11) is 0. The zero-order chi connectivity index (χ0) is 12.2. The van der Waals surface area contributed by atoms with Gasteiger partial charge in [-0.2, -0.15) is 22.7 Å². The lowest BCUT2D eigenvalue weighted by atomic mass is 10.2. The largest absolute Gasteiger partial charge is 0.151 e. The second-order valence-corrected chi connectivity index (χ2v) is 5.49. The van der Waals surface area contributed by atoms with Gasteiger partial charge in [0.2, 0.25) is 0 Å². The van der Waals surface area contributed by atoms with Gasteiger partial charge in [0.15, 0.2) is 0 Å². The average molecular weight is 268 g/mol. The van der Waals surface area contributed by atoms with Crippen LogP contribution in [0.2, 0.25) is 0 Å². The molecule has 2 aromatic heterocycles. The summed E-state index contributed by atoms with van der Waals surface area (Å²) < 4.78 is 0. The molecule has 0 bridgehead atoms. The van der Waals surface area contributed by atoms with Crippen LogP contribution in [0.3, 0.4) is 0 Å². The predicted octanol–water partition coefficient (Wildman–Crippen LogP) is 5.80. The first-order valence-corrected chi connectivity index (χ1v) is 7.64. The third kappa shape index (κ3) is 2.45. The van der Waals surface area contributed by atoms with Crippen LogP contribution >= 0.6 is 22.7 Å². The Morgan fingerprint density at radius 3 is 1.00 bits per heavy atom. The van der Waals surface area contributed by atoms with Crippen LogP contribution in [0.5, 0.6) is 0 Å². The molecule has 0 N–H and O–H groups in total. The molecule has 2 heterocycles. The van der Waals surface area contributed by atoms with Crippen LogP contribution in [-0.2, 0) is 0 Å². The highest BCUT2D eigenvalue weighted by molar-refractivity contribution is 7.09. The molecule has 0 aliphatic heterocycles. The third-order valence-electron chi connectivity index (χ3n) is 2.77. The molecule has 0 amide bonds. The number of hydrogen-bond donors (Lipinski definition) is 0. The number of rotatable bonds is 0. The summed E-state index contributed by atoms with van der Waals surface area (Å²) in [6.07, 6.45) is 0. The predicted molar refractivity (Wildman–Crippen MR) is 83.7 cm³/mol. The summed E-state index contributed by atoms with van der Waals surface area (Å²) in [5.41, 5.74) is 0. The minimum atomic E-state index is 1.35. The maximum absolute atomic E-state index is 2.16. The fourth-order valence-electron chi connectivity index (χ4n) is 1.81. The monoisotopic (exact) mass is 268 g/mol. The molecule has 0 saturated carbocycles. The molecule has 88 valence electrons. The van der Waals surface area contributed by atoms with Crippen molar-refractivity contribution in [2.24, 2.45) is 0 Å². The van der Waals surface area contributed by atoms with Crippen molar-refractivity contribution in [3.63, 3.8) is 0 Å². The van der Waals surface area contributed by atoms with Crippen molar-refractivity contribution in [3.05, 3.63) is 70.1 Å². The van der Waals surface area contributed by atoms with Gasteiger partial charge in [0.1, 0.15) is 0 Å². The second kappa shape index (κ2) is 5.34. The van der Waals surface area contributed by atoms with Gasteiger partial charge in [-0.1, -0.05) is 48.5 Å². The van der Waals surface area contributed by atoms with E-state index in [0.29, 0.717) is 0 Å². The molecule has 2 aromatic carbocycles. The van der Waals surface area contributed by atoms with Gasteiger partial charge in [0.25, 0.3) is 0 Å². The molecule has 0 atom stereocenters. The minimum Gasteiger partial charge on any atom is -0.151 e. The van der Waals surface area contributed by atoms with Crippen LogP contribution in [0.25, 0.3) is 21.5 Å². The van der Waals surface area contributed by atoms with Crippen molar-refractivity contribution in [1.82, 2.24) is 0 Å². The van der Waals surface area contributed by atoms with Gasteiger partial charge in [-0.3, -0.25) is 0 Å². The first-order valence-electron chi connectivity index (χ1n) is 5.75. The van der Waals surface area contributed by atoms with E-state index in [9.17, 15) is 0 Å². The number of benzene rings is 2. The van der Waals surface area contributed by atoms with Gasteiger partial charge in [-0.05, 0) is 43.1 Å². The summed E-state index contributed by atoms with van der Waals surface area (Å²) in [6.45, 7) is 0.